The Morgan fingerprint density at radius 2 is 1.37 bits per heavy atom. The molecule has 112 valence electrons. The summed E-state index contributed by atoms with van der Waals surface area (Å²) in [5.74, 6) is 0.733. The summed E-state index contributed by atoms with van der Waals surface area (Å²) in [6, 6.07) is 0.536. The van der Waals surface area contributed by atoms with E-state index in [0.717, 1.165) is 18.6 Å². The Labute approximate surface area is 117 Å². The molecule has 0 aromatic carbocycles. The molecule has 0 spiro atoms. The van der Waals surface area contributed by atoms with Gasteiger partial charge in [0.2, 0.25) is 0 Å². The molecular weight excluding hydrogens is 242 g/mol. The lowest BCUT2D eigenvalue weighted by molar-refractivity contribution is -0.191. The van der Waals surface area contributed by atoms with Crippen molar-refractivity contribution >= 4 is 12.4 Å². The standard InChI is InChI=1S/C8H14O.C6H13N.CO2.H2/c9-7-6-8-4-2-1-3-5-8;7-6-4-2-1-3-5-6;2-1-3;/h7-8H,1-6H2;6H,1-5,7H2;;1H. The van der Waals surface area contributed by atoms with E-state index in [1.165, 1.54) is 64.2 Å². The predicted molar refractivity (Wildman–Crippen MR) is 75.4 cm³/mol. The topological polar surface area (TPSA) is 77.2 Å². The van der Waals surface area contributed by atoms with Gasteiger partial charge in [0.15, 0.2) is 0 Å². The van der Waals surface area contributed by atoms with Gasteiger partial charge in [-0.2, -0.15) is 9.59 Å². The second-order valence-corrected chi connectivity index (χ2v) is 5.39. The number of carbonyl (C=O) groups is 1. The number of hydrogen-bond acceptors (Lipinski definition) is 4. The number of carbonyl (C=O) groups excluding carboxylic acids is 3. The molecule has 0 bridgehead atoms. The Morgan fingerprint density at radius 1 is 0.947 bits per heavy atom. The first-order chi connectivity index (χ1) is 9.24. The molecule has 0 unspecified atom stereocenters. The summed E-state index contributed by atoms with van der Waals surface area (Å²) in [7, 11) is 0. The van der Waals surface area contributed by atoms with Crippen LogP contribution in [0.2, 0.25) is 0 Å². The molecule has 19 heavy (non-hydrogen) atoms. The van der Waals surface area contributed by atoms with Crippen molar-refractivity contribution in [1.82, 2.24) is 0 Å². The molecule has 0 aromatic heterocycles. The van der Waals surface area contributed by atoms with Crippen LogP contribution in [-0.2, 0) is 14.4 Å². The minimum atomic E-state index is 0. The van der Waals surface area contributed by atoms with Crippen LogP contribution >= 0.6 is 0 Å². The molecule has 0 saturated heterocycles. The van der Waals surface area contributed by atoms with Crippen molar-refractivity contribution in [1.29, 1.82) is 0 Å². The van der Waals surface area contributed by atoms with Crippen molar-refractivity contribution in [3.8, 4) is 0 Å². The molecule has 4 heteroatoms. The van der Waals surface area contributed by atoms with E-state index in [-0.39, 0.29) is 7.58 Å². The number of nitrogens with two attached hydrogens (primary N) is 1. The summed E-state index contributed by atoms with van der Waals surface area (Å²) < 4.78 is 0. The lowest BCUT2D eigenvalue weighted by atomic mass is 9.87. The number of hydrogen-bond donors (Lipinski definition) is 1. The molecular formula is C15H29NO3. The van der Waals surface area contributed by atoms with Crippen molar-refractivity contribution in [3.63, 3.8) is 0 Å². The summed E-state index contributed by atoms with van der Waals surface area (Å²) in [5.41, 5.74) is 5.63. The van der Waals surface area contributed by atoms with Crippen molar-refractivity contribution < 1.29 is 15.8 Å². The Balaban J connectivity index is 0. The molecule has 2 saturated carbocycles. The SMILES string of the molecule is NC1CCCCC1.O=C=O.O=CCC1CCCCC1.[HH]. The second-order valence-electron chi connectivity index (χ2n) is 5.39. The normalized spacial score (nSPS) is 20.1. The van der Waals surface area contributed by atoms with Crippen molar-refractivity contribution in [2.75, 3.05) is 0 Å². The van der Waals surface area contributed by atoms with Crippen LogP contribution in [0.15, 0.2) is 0 Å². The summed E-state index contributed by atoms with van der Waals surface area (Å²) in [6.07, 6.45) is 15.4. The van der Waals surface area contributed by atoms with E-state index in [4.69, 9.17) is 15.3 Å². The molecule has 0 aromatic rings. The number of rotatable bonds is 2. The molecule has 0 radical (unpaired) electrons. The molecule has 2 N–H and O–H groups in total. The van der Waals surface area contributed by atoms with Crippen molar-refractivity contribution in [3.05, 3.63) is 0 Å². The van der Waals surface area contributed by atoms with Gasteiger partial charge in [0.05, 0.1) is 0 Å². The first-order valence-electron chi connectivity index (χ1n) is 7.43. The van der Waals surface area contributed by atoms with E-state index >= 15 is 0 Å². The summed E-state index contributed by atoms with van der Waals surface area (Å²) in [5, 5.41) is 0. The van der Waals surface area contributed by atoms with Crippen LogP contribution in [0.25, 0.3) is 0 Å². The molecule has 4 nitrogen and oxygen atoms in total. The molecule has 2 fully saturated rings. The minimum Gasteiger partial charge on any atom is -0.328 e. The van der Waals surface area contributed by atoms with E-state index < -0.39 is 0 Å². The van der Waals surface area contributed by atoms with Gasteiger partial charge < -0.3 is 10.5 Å². The lowest BCUT2D eigenvalue weighted by Crippen LogP contribution is -2.22. The molecule has 0 amide bonds. The Hall–Kier alpha value is -0.990. The first-order valence-corrected chi connectivity index (χ1v) is 7.43. The number of aldehydes is 1. The quantitative estimate of drug-likeness (QED) is 0.783. The average molecular weight is 271 g/mol. The average Bonchev–Trinajstić information content (AvgIpc) is 2.43. The van der Waals surface area contributed by atoms with Crippen LogP contribution in [0.4, 0.5) is 0 Å². The van der Waals surface area contributed by atoms with Gasteiger partial charge in [-0.3, -0.25) is 0 Å². The highest BCUT2D eigenvalue weighted by Gasteiger charge is 2.11. The van der Waals surface area contributed by atoms with Crippen LogP contribution in [0, 0.1) is 5.92 Å². The van der Waals surface area contributed by atoms with Crippen LogP contribution in [-0.4, -0.2) is 18.5 Å². The van der Waals surface area contributed by atoms with Gasteiger partial charge in [-0.1, -0.05) is 51.4 Å². The molecule has 0 aliphatic heterocycles. The fraction of sp³-hybridized carbons (Fsp3) is 0.867. The van der Waals surface area contributed by atoms with Crippen LogP contribution in [0.1, 0.15) is 72.1 Å². The maximum absolute atomic E-state index is 10.1. The van der Waals surface area contributed by atoms with E-state index in [0.29, 0.717) is 6.04 Å². The van der Waals surface area contributed by atoms with Gasteiger partial charge in [0.25, 0.3) is 0 Å². The Bertz CT molecular complexity index is 244. The zero-order chi connectivity index (χ0) is 14.3. The first kappa shape index (κ1) is 18.0. The van der Waals surface area contributed by atoms with Crippen molar-refractivity contribution in [2.45, 2.75) is 76.7 Å². The molecule has 2 aliphatic carbocycles. The minimum absolute atomic E-state index is 0. The van der Waals surface area contributed by atoms with Gasteiger partial charge in [-0.15, -0.1) is 0 Å². The largest absolute Gasteiger partial charge is 0.373 e. The van der Waals surface area contributed by atoms with Gasteiger partial charge in [0, 0.05) is 13.9 Å². The monoisotopic (exact) mass is 271 g/mol. The van der Waals surface area contributed by atoms with E-state index in [1.807, 2.05) is 0 Å². The third kappa shape index (κ3) is 11.8. The zero-order valence-corrected chi connectivity index (χ0v) is 11.8. The summed E-state index contributed by atoms with van der Waals surface area (Å²) in [6.45, 7) is 0. The van der Waals surface area contributed by atoms with Crippen LogP contribution in [0.3, 0.4) is 0 Å². The highest BCUT2D eigenvalue weighted by Crippen LogP contribution is 2.25. The zero-order valence-electron chi connectivity index (χ0n) is 11.8. The lowest BCUT2D eigenvalue weighted by Gasteiger charge is -2.18. The highest BCUT2D eigenvalue weighted by atomic mass is 16.2. The fourth-order valence-corrected chi connectivity index (χ4v) is 2.69. The Kier molecular flexibility index (Phi) is 12.7. The van der Waals surface area contributed by atoms with Crippen molar-refractivity contribution in [2.24, 2.45) is 11.7 Å². The van der Waals surface area contributed by atoms with Gasteiger partial charge in [-0.25, -0.2) is 0 Å². The maximum Gasteiger partial charge on any atom is 0.373 e. The van der Waals surface area contributed by atoms with Gasteiger partial charge in [0.1, 0.15) is 6.29 Å². The predicted octanol–water partition coefficient (Wildman–Crippen LogP) is 3.10. The molecule has 2 aliphatic rings. The summed E-state index contributed by atoms with van der Waals surface area (Å²) in [4.78, 5) is 26.3. The smallest absolute Gasteiger partial charge is 0.328 e. The Morgan fingerprint density at radius 3 is 1.68 bits per heavy atom. The van der Waals surface area contributed by atoms with Gasteiger partial charge >= 0.3 is 6.15 Å². The molecule has 0 atom stereocenters. The third-order valence-electron chi connectivity index (χ3n) is 3.80. The highest BCUT2D eigenvalue weighted by molar-refractivity contribution is 5.49. The fourth-order valence-electron chi connectivity index (χ4n) is 2.69. The van der Waals surface area contributed by atoms with Crippen LogP contribution < -0.4 is 5.73 Å². The maximum atomic E-state index is 10.1. The van der Waals surface area contributed by atoms with Gasteiger partial charge in [-0.05, 0) is 18.8 Å². The molecule has 0 heterocycles. The summed E-state index contributed by atoms with van der Waals surface area (Å²) >= 11 is 0. The molecule has 2 rings (SSSR count). The second kappa shape index (κ2) is 13.4. The third-order valence-corrected chi connectivity index (χ3v) is 3.80. The van der Waals surface area contributed by atoms with Crippen LogP contribution in [0.5, 0.6) is 0 Å². The van der Waals surface area contributed by atoms with E-state index in [9.17, 15) is 4.79 Å². The van der Waals surface area contributed by atoms with E-state index in [2.05, 4.69) is 0 Å². The van der Waals surface area contributed by atoms with E-state index in [1.54, 1.807) is 0 Å².